The Labute approximate surface area is 88.0 Å². The van der Waals surface area contributed by atoms with Gasteiger partial charge in [-0.25, -0.2) is 0 Å². The molecule has 3 heteroatoms. The Morgan fingerprint density at radius 1 is 1.23 bits per heavy atom. The Hall–Kier alpha value is -0.240. The molecule has 0 aliphatic carbocycles. The predicted molar refractivity (Wildman–Crippen MR) is 56.7 cm³/mol. The second kappa shape index (κ2) is 3.87. The zero-order valence-electron chi connectivity index (χ0n) is 7.19. The molecule has 1 atom stereocenters. The summed E-state index contributed by atoms with van der Waals surface area (Å²) in [5.41, 5.74) is 1.11. The van der Waals surface area contributed by atoms with Crippen molar-refractivity contribution in [2.75, 3.05) is 13.1 Å². The maximum atomic E-state index is 6.10. The van der Waals surface area contributed by atoms with E-state index in [0.717, 1.165) is 35.1 Å². The molecule has 0 radical (unpaired) electrons. The Morgan fingerprint density at radius 3 is 2.46 bits per heavy atom. The molecular weight excluding hydrogens is 205 g/mol. The molecule has 1 aliphatic heterocycles. The lowest BCUT2D eigenvalue weighted by Crippen LogP contribution is -2.08. The zero-order chi connectivity index (χ0) is 9.26. The highest BCUT2D eigenvalue weighted by atomic mass is 35.5. The van der Waals surface area contributed by atoms with Gasteiger partial charge < -0.3 is 5.32 Å². The SMILES string of the molecule is Clc1cccc(Cl)c1C1CCNC1. The summed E-state index contributed by atoms with van der Waals surface area (Å²) < 4.78 is 0. The molecule has 0 spiro atoms. The molecule has 1 unspecified atom stereocenters. The van der Waals surface area contributed by atoms with Crippen LogP contribution < -0.4 is 5.32 Å². The Bertz CT molecular complexity index is 286. The molecule has 2 rings (SSSR count). The van der Waals surface area contributed by atoms with Crippen LogP contribution in [0.2, 0.25) is 10.0 Å². The highest BCUT2D eigenvalue weighted by molar-refractivity contribution is 6.36. The molecule has 0 saturated carbocycles. The van der Waals surface area contributed by atoms with Gasteiger partial charge in [0.2, 0.25) is 0 Å². The van der Waals surface area contributed by atoms with Crippen LogP contribution >= 0.6 is 23.2 Å². The van der Waals surface area contributed by atoms with Crippen molar-refractivity contribution in [2.24, 2.45) is 0 Å². The first-order valence-corrected chi connectivity index (χ1v) is 5.19. The van der Waals surface area contributed by atoms with E-state index in [1.165, 1.54) is 0 Å². The number of halogens is 2. The third kappa shape index (κ3) is 1.83. The molecule has 1 aromatic rings. The van der Waals surface area contributed by atoms with Crippen LogP contribution in [0.25, 0.3) is 0 Å². The largest absolute Gasteiger partial charge is 0.316 e. The van der Waals surface area contributed by atoms with Gasteiger partial charge in [0.25, 0.3) is 0 Å². The number of hydrogen-bond acceptors (Lipinski definition) is 1. The molecule has 1 aliphatic rings. The van der Waals surface area contributed by atoms with E-state index in [2.05, 4.69) is 5.32 Å². The van der Waals surface area contributed by atoms with Gasteiger partial charge in [0, 0.05) is 22.5 Å². The first kappa shape index (κ1) is 9.32. The van der Waals surface area contributed by atoms with Gasteiger partial charge in [-0.15, -0.1) is 0 Å². The maximum absolute atomic E-state index is 6.10. The van der Waals surface area contributed by atoms with Crippen LogP contribution in [-0.2, 0) is 0 Å². The lowest BCUT2D eigenvalue weighted by atomic mass is 9.98. The minimum atomic E-state index is 0.487. The summed E-state index contributed by atoms with van der Waals surface area (Å²) in [7, 11) is 0. The van der Waals surface area contributed by atoms with Gasteiger partial charge in [-0.3, -0.25) is 0 Å². The summed E-state index contributed by atoms with van der Waals surface area (Å²) in [6.45, 7) is 2.05. The third-order valence-corrected chi connectivity index (χ3v) is 3.13. The molecule has 1 heterocycles. The van der Waals surface area contributed by atoms with Gasteiger partial charge >= 0.3 is 0 Å². The van der Waals surface area contributed by atoms with Gasteiger partial charge in [0.05, 0.1) is 0 Å². The van der Waals surface area contributed by atoms with Crippen LogP contribution in [0.15, 0.2) is 18.2 Å². The maximum Gasteiger partial charge on any atom is 0.0456 e. The number of hydrogen-bond donors (Lipinski definition) is 1. The van der Waals surface area contributed by atoms with Gasteiger partial charge in [-0.1, -0.05) is 29.3 Å². The molecule has 70 valence electrons. The summed E-state index contributed by atoms with van der Waals surface area (Å²) >= 11 is 12.2. The van der Waals surface area contributed by atoms with E-state index in [9.17, 15) is 0 Å². The molecule has 0 amide bonds. The van der Waals surface area contributed by atoms with Crippen LogP contribution in [0.5, 0.6) is 0 Å². The van der Waals surface area contributed by atoms with Crippen molar-refractivity contribution in [1.82, 2.24) is 5.32 Å². The summed E-state index contributed by atoms with van der Waals surface area (Å²) in [6.07, 6.45) is 1.13. The minimum absolute atomic E-state index is 0.487. The van der Waals surface area contributed by atoms with Crippen molar-refractivity contribution >= 4 is 23.2 Å². The fraction of sp³-hybridized carbons (Fsp3) is 0.400. The van der Waals surface area contributed by atoms with Crippen molar-refractivity contribution in [2.45, 2.75) is 12.3 Å². The summed E-state index contributed by atoms with van der Waals surface area (Å²) in [4.78, 5) is 0. The van der Waals surface area contributed by atoms with Gasteiger partial charge in [0.1, 0.15) is 0 Å². The Kier molecular flexibility index (Phi) is 2.77. The van der Waals surface area contributed by atoms with Crippen molar-refractivity contribution in [3.05, 3.63) is 33.8 Å². The van der Waals surface area contributed by atoms with Crippen LogP contribution in [0.3, 0.4) is 0 Å². The quantitative estimate of drug-likeness (QED) is 0.760. The molecule has 1 aromatic carbocycles. The monoisotopic (exact) mass is 215 g/mol. The fourth-order valence-corrected chi connectivity index (χ4v) is 2.51. The lowest BCUT2D eigenvalue weighted by Gasteiger charge is -2.12. The third-order valence-electron chi connectivity index (χ3n) is 2.47. The van der Waals surface area contributed by atoms with E-state index >= 15 is 0 Å². The number of rotatable bonds is 1. The molecule has 13 heavy (non-hydrogen) atoms. The molecule has 1 nitrogen and oxygen atoms in total. The van der Waals surface area contributed by atoms with E-state index < -0.39 is 0 Å². The fourth-order valence-electron chi connectivity index (χ4n) is 1.80. The standard InChI is InChI=1S/C10H11Cl2N/c11-8-2-1-3-9(12)10(8)7-4-5-13-6-7/h1-3,7,13H,4-6H2. The van der Waals surface area contributed by atoms with Crippen LogP contribution in [-0.4, -0.2) is 13.1 Å². The number of nitrogens with one attached hydrogen (secondary N) is 1. The highest BCUT2D eigenvalue weighted by Crippen LogP contribution is 2.34. The topological polar surface area (TPSA) is 12.0 Å². The van der Waals surface area contributed by atoms with Crippen LogP contribution in [0.1, 0.15) is 17.9 Å². The van der Waals surface area contributed by atoms with E-state index in [1.807, 2.05) is 18.2 Å². The normalized spacial score (nSPS) is 22.2. The van der Waals surface area contributed by atoms with E-state index in [1.54, 1.807) is 0 Å². The van der Waals surface area contributed by atoms with Crippen LogP contribution in [0, 0.1) is 0 Å². The molecule has 1 N–H and O–H groups in total. The van der Waals surface area contributed by atoms with Crippen molar-refractivity contribution < 1.29 is 0 Å². The average Bonchev–Trinajstić information content (AvgIpc) is 2.57. The van der Waals surface area contributed by atoms with E-state index in [4.69, 9.17) is 23.2 Å². The second-order valence-electron chi connectivity index (χ2n) is 3.33. The Morgan fingerprint density at radius 2 is 1.92 bits per heavy atom. The predicted octanol–water partition coefficient (Wildman–Crippen LogP) is 3.07. The van der Waals surface area contributed by atoms with Crippen LogP contribution in [0.4, 0.5) is 0 Å². The zero-order valence-corrected chi connectivity index (χ0v) is 8.70. The molecule has 0 aromatic heterocycles. The minimum Gasteiger partial charge on any atom is -0.316 e. The van der Waals surface area contributed by atoms with Gasteiger partial charge in [0.15, 0.2) is 0 Å². The van der Waals surface area contributed by atoms with Gasteiger partial charge in [-0.2, -0.15) is 0 Å². The lowest BCUT2D eigenvalue weighted by molar-refractivity contribution is 0.764. The first-order chi connectivity index (χ1) is 6.29. The number of benzene rings is 1. The summed E-state index contributed by atoms with van der Waals surface area (Å²) in [5.74, 6) is 0.487. The van der Waals surface area contributed by atoms with E-state index in [0.29, 0.717) is 5.92 Å². The Balaban J connectivity index is 2.37. The summed E-state index contributed by atoms with van der Waals surface area (Å²) in [6, 6.07) is 5.69. The molecule has 0 bridgehead atoms. The second-order valence-corrected chi connectivity index (χ2v) is 4.14. The molecular formula is C10H11Cl2N. The highest BCUT2D eigenvalue weighted by Gasteiger charge is 2.21. The average molecular weight is 216 g/mol. The van der Waals surface area contributed by atoms with Gasteiger partial charge in [-0.05, 0) is 30.7 Å². The van der Waals surface area contributed by atoms with Crippen molar-refractivity contribution in [3.8, 4) is 0 Å². The summed E-state index contributed by atoms with van der Waals surface area (Å²) in [5, 5.41) is 4.89. The smallest absolute Gasteiger partial charge is 0.0456 e. The van der Waals surface area contributed by atoms with Crippen molar-refractivity contribution in [3.63, 3.8) is 0 Å². The molecule has 1 fully saturated rings. The molecule has 1 saturated heterocycles. The van der Waals surface area contributed by atoms with E-state index in [-0.39, 0.29) is 0 Å². The first-order valence-electron chi connectivity index (χ1n) is 4.43. The van der Waals surface area contributed by atoms with Crippen molar-refractivity contribution in [1.29, 1.82) is 0 Å².